The number of hydrogen-bond acceptors (Lipinski definition) is 5. The Hall–Kier alpha value is -0.300. The van der Waals surface area contributed by atoms with Crippen LogP contribution in [0.3, 0.4) is 0 Å². The summed E-state index contributed by atoms with van der Waals surface area (Å²) in [7, 11) is 0. The highest BCUT2D eigenvalue weighted by Gasteiger charge is 2.21. The van der Waals surface area contributed by atoms with Crippen LogP contribution >= 0.6 is 11.3 Å². The molecule has 1 heterocycles. The van der Waals surface area contributed by atoms with Gasteiger partial charge in [-0.15, -0.1) is 11.3 Å². The zero-order chi connectivity index (χ0) is 13.5. The van der Waals surface area contributed by atoms with E-state index in [1.165, 1.54) is 23.4 Å². The fraction of sp³-hybridized carbons (Fsp3) is 0.750. The lowest BCUT2D eigenvalue weighted by Crippen LogP contribution is -2.34. The molecule has 1 aromatic rings. The minimum absolute atomic E-state index is 0.611. The average Bonchev–Trinajstić information content (AvgIpc) is 2.64. The van der Waals surface area contributed by atoms with Gasteiger partial charge in [0.2, 0.25) is 0 Å². The van der Waals surface area contributed by atoms with Gasteiger partial charge in [0.15, 0.2) is 5.13 Å². The van der Waals surface area contributed by atoms with Crippen LogP contribution in [0.15, 0.2) is 0 Å². The molecule has 1 atom stereocenters. The standard InChI is InChI=1S/C10H17N3S.C2H6OS/c1-2-5-12-7-3-4-8-9(6-7)14-10(11)13-8;1-4(2)3/h7,12H,2-6H2,1H3,(H2,11,13);1-2H3/t7-;/m0./s1. The second-order valence-corrected chi connectivity index (χ2v) is 7.16. The smallest absolute Gasteiger partial charge is 0.180 e. The van der Waals surface area contributed by atoms with Crippen LogP contribution in [0.2, 0.25) is 0 Å². The largest absolute Gasteiger partial charge is 0.617 e. The van der Waals surface area contributed by atoms with Crippen molar-refractivity contribution in [1.82, 2.24) is 10.3 Å². The highest BCUT2D eigenvalue weighted by molar-refractivity contribution is 7.89. The number of aromatic nitrogens is 1. The van der Waals surface area contributed by atoms with E-state index in [4.69, 9.17) is 5.73 Å². The van der Waals surface area contributed by atoms with Gasteiger partial charge < -0.3 is 15.6 Å². The number of anilines is 1. The number of nitrogen functional groups attached to an aromatic ring is 1. The van der Waals surface area contributed by atoms with Crippen molar-refractivity contribution >= 4 is 27.6 Å². The molecule has 0 unspecified atom stereocenters. The lowest BCUT2D eigenvalue weighted by Gasteiger charge is -2.21. The monoisotopic (exact) mass is 289 g/mol. The lowest BCUT2D eigenvalue weighted by molar-refractivity contribution is 0.460. The molecule has 6 heteroatoms. The molecular weight excluding hydrogens is 266 g/mol. The van der Waals surface area contributed by atoms with Gasteiger partial charge >= 0.3 is 0 Å². The van der Waals surface area contributed by atoms with Crippen molar-refractivity contribution in [3.05, 3.63) is 10.6 Å². The molecule has 1 aromatic heterocycles. The Labute approximate surface area is 117 Å². The summed E-state index contributed by atoms with van der Waals surface area (Å²) in [4.78, 5) is 5.73. The van der Waals surface area contributed by atoms with E-state index >= 15 is 0 Å². The van der Waals surface area contributed by atoms with Gasteiger partial charge in [0.1, 0.15) is 0 Å². The van der Waals surface area contributed by atoms with Crippen molar-refractivity contribution in [2.75, 3.05) is 24.8 Å². The summed E-state index contributed by atoms with van der Waals surface area (Å²) in [5.41, 5.74) is 6.93. The Kier molecular flexibility index (Phi) is 6.99. The van der Waals surface area contributed by atoms with Gasteiger partial charge in [-0.3, -0.25) is 0 Å². The topological polar surface area (TPSA) is 74.0 Å². The molecule has 0 fully saturated rings. The second kappa shape index (κ2) is 7.99. The molecule has 0 aliphatic heterocycles. The van der Waals surface area contributed by atoms with Gasteiger partial charge in [-0.1, -0.05) is 18.1 Å². The third kappa shape index (κ3) is 5.56. The molecule has 3 N–H and O–H groups in total. The molecule has 18 heavy (non-hydrogen) atoms. The number of fused-ring (bicyclic) bond motifs is 1. The third-order valence-electron chi connectivity index (χ3n) is 2.64. The van der Waals surface area contributed by atoms with Gasteiger partial charge in [-0.2, -0.15) is 0 Å². The van der Waals surface area contributed by atoms with Crippen LogP contribution in [0.5, 0.6) is 0 Å². The number of nitrogens with one attached hydrogen (secondary N) is 1. The highest BCUT2D eigenvalue weighted by Crippen LogP contribution is 2.27. The molecule has 104 valence electrons. The highest BCUT2D eigenvalue weighted by atomic mass is 32.2. The minimum Gasteiger partial charge on any atom is -0.617 e. The van der Waals surface area contributed by atoms with Crippen LogP contribution in [0, 0.1) is 0 Å². The quantitative estimate of drug-likeness (QED) is 0.829. The maximum absolute atomic E-state index is 9.56. The van der Waals surface area contributed by atoms with E-state index < -0.39 is 11.2 Å². The van der Waals surface area contributed by atoms with Gasteiger partial charge in [0, 0.05) is 10.9 Å². The number of hydrogen-bond donors (Lipinski definition) is 2. The third-order valence-corrected chi connectivity index (χ3v) is 3.59. The number of aryl methyl sites for hydroxylation is 1. The summed E-state index contributed by atoms with van der Waals surface area (Å²) < 4.78 is 9.56. The molecule has 2 rings (SSSR count). The predicted octanol–water partition coefficient (Wildman–Crippen LogP) is 1.58. The number of nitrogens with zero attached hydrogens (tertiary/aromatic N) is 1. The van der Waals surface area contributed by atoms with Gasteiger partial charge in [-0.25, -0.2) is 4.98 Å². The fourth-order valence-corrected chi connectivity index (χ4v) is 2.88. The molecule has 4 nitrogen and oxygen atoms in total. The van der Waals surface area contributed by atoms with E-state index in [-0.39, 0.29) is 0 Å². The summed E-state index contributed by atoms with van der Waals surface area (Å²) in [6.45, 7) is 3.32. The van der Waals surface area contributed by atoms with Crippen LogP contribution in [0.25, 0.3) is 0 Å². The first-order valence-electron chi connectivity index (χ1n) is 6.25. The Bertz CT molecular complexity index is 352. The second-order valence-electron chi connectivity index (χ2n) is 4.56. The van der Waals surface area contributed by atoms with Crippen molar-refractivity contribution in [3.63, 3.8) is 0 Å². The van der Waals surface area contributed by atoms with Crippen LogP contribution in [-0.2, 0) is 24.0 Å². The van der Waals surface area contributed by atoms with Crippen molar-refractivity contribution < 1.29 is 4.55 Å². The van der Waals surface area contributed by atoms with Crippen LogP contribution < -0.4 is 11.1 Å². The molecule has 0 aromatic carbocycles. The van der Waals surface area contributed by atoms with E-state index in [9.17, 15) is 4.55 Å². The minimum atomic E-state index is -0.611. The zero-order valence-electron chi connectivity index (χ0n) is 11.4. The maximum atomic E-state index is 9.56. The van der Waals surface area contributed by atoms with Crippen molar-refractivity contribution in [2.45, 2.75) is 38.6 Å². The first-order chi connectivity index (χ1) is 8.52. The Morgan fingerprint density at radius 1 is 1.56 bits per heavy atom. The van der Waals surface area contributed by atoms with Crippen LogP contribution in [-0.4, -0.2) is 34.6 Å². The first kappa shape index (κ1) is 15.8. The summed E-state index contributed by atoms with van der Waals surface area (Å²) in [5, 5.41) is 4.29. The van der Waals surface area contributed by atoms with Gasteiger partial charge in [-0.05, 0) is 32.2 Å². The first-order valence-corrected chi connectivity index (χ1v) is 9.03. The van der Waals surface area contributed by atoms with Crippen LogP contribution in [0.1, 0.15) is 30.3 Å². The Morgan fingerprint density at radius 2 is 2.22 bits per heavy atom. The fourth-order valence-electron chi connectivity index (χ4n) is 1.92. The van der Waals surface area contributed by atoms with Crippen molar-refractivity contribution in [2.24, 2.45) is 0 Å². The molecule has 0 bridgehead atoms. The van der Waals surface area contributed by atoms with E-state index in [0.29, 0.717) is 6.04 Å². The summed E-state index contributed by atoms with van der Waals surface area (Å²) in [6, 6.07) is 0.641. The summed E-state index contributed by atoms with van der Waals surface area (Å²) in [5.74, 6) is 0. The number of thiazole rings is 1. The molecule has 0 spiro atoms. The average molecular weight is 289 g/mol. The molecule has 1 aliphatic carbocycles. The molecule has 0 radical (unpaired) electrons. The molecular formula is C12H23N3OS2. The maximum Gasteiger partial charge on any atom is 0.180 e. The number of rotatable bonds is 3. The molecule has 0 saturated carbocycles. The van der Waals surface area contributed by atoms with Gasteiger partial charge in [0.05, 0.1) is 18.2 Å². The van der Waals surface area contributed by atoms with E-state index in [1.54, 1.807) is 23.8 Å². The van der Waals surface area contributed by atoms with E-state index in [1.807, 2.05) is 0 Å². The van der Waals surface area contributed by atoms with E-state index in [0.717, 1.165) is 24.5 Å². The van der Waals surface area contributed by atoms with Crippen molar-refractivity contribution in [1.29, 1.82) is 0 Å². The predicted molar refractivity (Wildman–Crippen MR) is 80.6 cm³/mol. The number of nitrogens with two attached hydrogens (primary N) is 1. The Morgan fingerprint density at radius 3 is 2.83 bits per heavy atom. The molecule has 0 amide bonds. The lowest BCUT2D eigenvalue weighted by atomic mass is 9.98. The normalized spacial score (nSPS) is 18.2. The SMILES string of the molecule is CCCN[C@H]1CCc2nc(N)sc2C1.C[S+](C)[O-]. The van der Waals surface area contributed by atoms with Crippen molar-refractivity contribution in [3.8, 4) is 0 Å². The summed E-state index contributed by atoms with van der Waals surface area (Å²) in [6.07, 6.45) is 7.89. The summed E-state index contributed by atoms with van der Waals surface area (Å²) >= 11 is 1.04. The Balaban J connectivity index is 0.000000357. The van der Waals surface area contributed by atoms with Gasteiger partial charge in [0.25, 0.3) is 0 Å². The zero-order valence-corrected chi connectivity index (χ0v) is 13.0. The molecule has 1 aliphatic rings. The molecule has 0 saturated heterocycles. The van der Waals surface area contributed by atoms with E-state index in [2.05, 4.69) is 17.2 Å². The van der Waals surface area contributed by atoms with Crippen LogP contribution in [0.4, 0.5) is 5.13 Å².